The quantitative estimate of drug-likeness (QED) is 0.297. The van der Waals surface area contributed by atoms with E-state index < -0.39 is 5.41 Å². The minimum atomic E-state index is -1.06. The van der Waals surface area contributed by atoms with Gasteiger partial charge in [0.05, 0.1) is 12.1 Å². The Morgan fingerprint density at radius 1 is 1.47 bits per heavy atom. The van der Waals surface area contributed by atoms with E-state index in [1.165, 1.54) is 0 Å². The van der Waals surface area contributed by atoms with Crippen molar-refractivity contribution in [2.45, 2.75) is 26.7 Å². The topological polar surface area (TPSA) is 96.3 Å². The standard InChI is InChI=1S/C10H13N5/c1-9(2)3-4-10(7-11,8-12)5-6-14-15-13/h3H,4-6H2,1-2H3. The summed E-state index contributed by atoms with van der Waals surface area (Å²) >= 11 is 0. The molecule has 0 aliphatic carbocycles. The summed E-state index contributed by atoms with van der Waals surface area (Å²) in [7, 11) is 0. The van der Waals surface area contributed by atoms with Gasteiger partial charge in [-0.1, -0.05) is 16.8 Å². The van der Waals surface area contributed by atoms with Gasteiger partial charge in [0.25, 0.3) is 0 Å². The van der Waals surface area contributed by atoms with Crippen molar-refractivity contribution >= 4 is 0 Å². The highest BCUT2D eigenvalue weighted by Crippen LogP contribution is 2.26. The highest BCUT2D eigenvalue weighted by Gasteiger charge is 2.27. The summed E-state index contributed by atoms with van der Waals surface area (Å²) < 4.78 is 0. The zero-order chi connectivity index (χ0) is 11.7. The lowest BCUT2D eigenvalue weighted by Crippen LogP contribution is -2.16. The van der Waals surface area contributed by atoms with E-state index in [0.717, 1.165) is 5.57 Å². The first-order valence-corrected chi connectivity index (χ1v) is 4.57. The van der Waals surface area contributed by atoms with Gasteiger partial charge in [0.15, 0.2) is 0 Å². The zero-order valence-corrected chi connectivity index (χ0v) is 8.93. The summed E-state index contributed by atoms with van der Waals surface area (Å²) in [5, 5.41) is 21.2. The van der Waals surface area contributed by atoms with Crippen molar-refractivity contribution in [2.75, 3.05) is 6.54 Å². The Morgan fingerprint density at radius 2 is 2.07 bits per heavy atom. The number of hydrogen-bond acceptors (Lipinski definition) is 3. The largest absolute Gasteiger partial charge is 0.197 e. The van der Waals surface area contributed by atoms with Crippen molar-refractivity contribution in [1.82, 2.24) is 0 Å². The summed E-state index contributed by atoms with van der Waals surface area (Å²) in [5.74, 6) is 0. The van der Waals surface area contributed by atoms with Crippen LogP contribution < -0.4 is 0 Å². The van der Waals surface area contributed by atoms with Crippen LogP contribution in [0.3, 0.4) is 0 Å². The van der Waals surface area contributed by atoms with Gasteiger partial charge in [-0.05, 0) is 32.2 Å². The maximum atomic E-state index is 8.95. The van der Waals surface area contributed by atoms with Crippen LogP contribution in [0.2, 0.25) is 0 Å². The van der Waals surface area contributed by atoms with Crippen molar-refractivity contribution in [3.05, 3.63) is 22.1 Å². The van der Waals surface area contributed by atoms with Crippen molar-refractivity contribution in [3.8, 4) is 12.1 Å². The first kappa shape index (κ1) is 13.0. The van der Waals surface area contributed by atoms with E-state index in [1.807, 2.05) is 32.1 Å². The predicted molar refractivity (Wildman–Crippen MR) is 56.3 cm³/mol. The molecule has 0 aromatic heterocycles. The zero-order valence-electron chi connectivity index (χ0n) is 8.93. The molecule has 0 aromatic carbocycles. The van der Waals surface area contributed by atoms with Crippen LogP contribution in [0.15, 0.2) is 16.8 Å². The lowest BCUT2D eigenvalue weighted by molar-refractivity contribution is 0.489. The Hall–Kier alpha value is -1.97. The normalized spacial score (nSPS) is 9.33. The van der Waals surface area contributed by atoms with E-state index in [0.29, 0.717) is 6.42 Å². The number of allylic oxidation sites excluding steroid dienone is 2. The summed E-state index contributed by atoms with van der Waals surface area (Å²) in [4.78, 5) is 2.59. The average molecular weight is 203 g/mol. The molecule has 0 bridgehead atoms. The van der Waals surface area contributed by atoms with Gasteiger partial charge < -0.3 is 0 Å². The minimum absolute atomic E-state index is 0.175. The van der Waals surface area contributed by atoms with E-state index in [9.17, 15) is 0 Å². The number of nitriles is 2. The molecule has 0 fully saturated rings. The fraction of sp³-hybridized carbons (Fsp3) is 0.600. The second-order valence-corrected chi connectivity index (χ2v) is 3.50. The molecule has 0 spiro atoms. The van der Waals surface area contributed by atoms with Crippen LogP contribution in [0, 0.1) is 28.1 Å². The smallest absolute Gasteiger partial charge is 0.147 e. The molecule has 0 heterocycles. The van der Waals surface area contributed by atoms with Crippen LogP contribution in [0.5, 0.6) is 0 Å². The first-order chi connectivity index (χ1) is 7.10. The Morgan fingerprint density at radius 3 is 2.47 bits per heavy atom. The van der Waals surface area contributed by atoms with Crippen LogP contribution >= 0.6 is 0 Å². The van der Waals surface area contributed by atoms with Gasteiger partial charge in [-0.15, -0.1) is 0 Å². The van der Waals surface area contributed by atoms with E-state index >= 15 is 0 Å². The van der Waals surface area contributed by atoms with Gasteiger partial charge in [0, 0.05) is 11.5 Å². The molecule has 0 N–H and O–H groups in total. The summed E-state index contributed by atoms with van der Waals surface area (Å²) in [5.41, 5.74) is 8.11. The number of nitrogens with zero attached hydrogens (tertiary/aromatic N) is 5. The first-order valence-electron chi connectivity index (χ1n) is 4.57. The molecule has 0 amide bonds. The van der Waals surface area contributed by atoms with Crippen molar-refractivity contribution in [2.24, 2.45) is 10.5 Å². The Labute approximate surface area is 89.3 Å². The summed E-state index contributed by atoms with van der Waals surface area (Å²) in [6.45, 7) is 3.99. The Balaban J connectivity index is 4.61. The highest BCUT2D eigenvalue weighted by molar-refractivity contribution is 5.17. The molecule has 0 aliphatic rings. The van der Waals surface area contributed by atoms with Crippen LogP contribution in [0.4, 0.5) is 0 Å². The molecule has 0 radical (unpaired) electrons. The average Bonchev–Trinajstić information content (AvgIpc) is 2.23. The minimum Gasteiger partial charge on any atom is -0.197 e. The second kappa shape index (κ2) is 6.48. The van der Waals surface area contributed by atoms with Gasteiger partial charge in [-0.3, -0.25) is 0 Å². The third-order valence-corrected chi connectivity index (χ3v) is 1.99. The van der Waals surface area contributed by atoms with Crippen molar-refractivity contribution < 1.29 is 0 Å². The van der Waals surface area contributed by atoms with Crippen molar-refractivity contribution in [1.29, 1.82) is 10.5 Å². The fourth-order valence-electron chi connectivity index (χ4n) is 0.994. The van der Waals surface area contributed by atoms with Gasteiger partial charge in [0.1, 0.15) is 5.41 Å². The monoisotopic (exact) mass is 203 g/mol. The lowest BCUT2D eigenvalue weighted by Gasteiger charge is -2.14. The molecule has 0 rings (SSSR count). The van der Waals surface area contributed by atoms with E-state index in [2.05, 4.69) is 10.0 Å². The van der Waals surface area contributed by atoms with Gasteiger partial charge in [0.2, 0.25) is 0 Å². The molecular formula is C10H13N5. The maximum Gasteiger partial charge on any atom is 0.147 e. The molecule has 0 aromatic rings. The highest BCUT2D eigenvalue weighted by atomic mass is 15.1. The van der Waals surface area contributed by atoms with Crippen LogP contribution in [0.1, 0.15) is 26.7 Å². The molecule has 0 saturated carbocycles. The van der Waals surface area contributed by atoms with Crippen LogP contribution in [-0.2, 0) is 0 Å². The SMILES string of the molecule is CC(C)=CCC(C#N)(C#N)CCN=[N+]=[N-]. The van der Waals surface area contributed by atoms with Crippen LogP contribution in [0.25, 0.3) is 10.4 Å². The maximum absolute atomic E-state index is 8.95. The lowest BCUT2D eigenvalue weighted by atomic mass is 9.84. The molecule has 0 unspecified atom stereocenters. The second-order valence-electron chi connectivity index (χ2n) is 3.50. The molecular weight excluding hydrogens is 190 g/mol. The molecule has 0 saturated heterocycles. The van der Waals surface area contributed by atoms with Gasteiger partial charge in [-0.2, -0.15) is 10.5 Å². The van der Waals surface area contributed by atoms with E-state index in [-0.39, 0.29) is 13.0 Å². The summed E-state index contributed by atoms with van der Waals surface area (Å²) in [6, 6.07) is 3.98. The third kappa shape index (κ3) is 4.71. The molecule has 0 atom stereocenters. The third-order valence-electron chi connectivity index (χ3n) is 1.99. The summed E-state index contributed by atoms with van der Waals surface area (Å²) in [6.07, 6.45) is 2.50. The Bertz CT molecular complexity index is 344. The van der Waals surface area contributed by atoms with Gasteiger partial charge >= 0.3 is 0 Å². The molecule has 5 heteroatoms. The van der Waals surface area contributed by atoms with E-state index in [4.69, 9.17) is 16.1 Å². The number of azide groups is 1. The molecule has 0 aliphatic heterocycles. The number of rotatable bonds is 5. The molecule has 5 nitrogen and oxygen atoms in total. The molecule has 78 valence electrons. The Kier molecular flexibility index (Phi) is 5.63. The van der Waals surface area contributed by atoms with E-state index in [1.54, 1.807) is 0 Å². The van der Waals surface area contributed by atoms with Crippen molar-refractivity contribution in [3.63, 3.8) is 0 Å². The van der Waals surface area contributed by atoms with Crippen LogP contribution in [-0.4, -0.2) is 6.54 Å². The molecule has 15 heavy (non-hydrogen) atoms. The number of hydrogen-bond donors (Lipinski definition) is 0. The van der Waals surface area contributed by atoms with Gasteiger partial charge in [-0.25, -0.2) is 0 Å². The predicted octanol–water partition coefficient (Wildman–Crippen LogP) is 3.08. The fourth-order valence-corrected chi connectivity index (χ4v) is 0.994.